The number of carbonyl (C=O) groups is 2. The number of hydrogen-bond donors (Lipinski definition) is 3. The van der Waals surface area contributed by atoms with E-state index in [1.165, 1.54) is 6.92 Å². The molecule has 7 nitrogen and oxygen atoms in total. The molecule has 0 bridgehead atoms. The SMILES string of the molecule is CC(CP(=O)(O)CCCNC(=O)OCc1ccccc1)C(=O)O. The molecule has 1 amide bonds. The fourth-order valence-corrected chi connectivity index (χ4v) is 3.73. The molecule has 0 heterocycles. The number of carboxylic acids is 1. The van der Waals surface area contributed by atoms with Gasteiger partial charge in [0.15, 0.2) is 0 Å². The van der Waals surface area contributed by atoms with Gasteiger partial charge in [0.05, 0.1) is 5.92 Å². The van der Waals surface area contributed by atoms with Crippen molar-refractivity contribution in [3.63, 3.8) is 0 Å². The second-order valence-electron chi connectivity index (χ2n) is 5.33. The lowest BCUT2D eigenvalue weighted by Crippen LogP contribution is -2.26. The Balaban J connectivity index is 2.19. The monoisotopic (exact) mass is 343 g/mol. The van der Waals surface area contributed by atoms with Crippen molar-refractivity contribution in [3.8, 4) is 0 Å². The van der Waals surface area contributed by atoms with Crippen LogP contribution < -0.4 is 5.32 Å². The number of benzene rings is 1. The van der Waals surface area contributed by atoms with Crippen LogP contribution in [0.15, 0.2) is 30.3 Å². The Morgan fingerprint density at radius 3 is 2.57 bits per heavy atom. The van der Waals surface area contributed by atoms with Crippen LogP contribution in [0, 0.1) is 5.92 Å². The van der Waals surface area contributed by atoms with Gasteiger partial charge in [0.1, 0.15) is 6.61 Å². The van der Waals surface area contributed by atoms with Gasteiger partial charge in [-0.25, -0.2) is 4.79 Å². The number of hydrogen-bond acceptors (Lipinski definition) is 4. The summed E-state index contributed by atoms with van der Waals surface area (Å²) >= 11 is 0. The van der Waals surface area contributed by atoms with Crippen molar-refractivity contribution < 1.29 is 28.9 Å². The highest BCUT2D eigenvalue weighted by molar-refractivity contribution is 7.58. The molecule has 128 valence electrons. The molecule has 8 heteroatoms. The van der Waals surface area contributed by atoms with E-state index in [1.807, 2.05) is 30.3 Å². The number of ether oxygens (including phenoxy) is 1. The molecule has 2 atom stereocenters. The third kappa shape index (κ3) is 8.38. The summed E-state index contributed by atoms with van der Waals surface area (Å²) in [7, 11) is -3.50. The van der Waals surface area contributed by atoms with Gasteiger partial charge in [-0.05, 0) is 12.0 Å². The maximum absolute atomic E-state index is 11.8. The molecule has 0 aliphatic heterocycles. The molecule has 0 fully saturated rings. The fourth-order valence-electron chi connectivity index (χ4n) is 1.89. The van der Waals surface area contributed by atoms with E-state index in [-0.39, 0.29) is 31.9 Å². The van der Waals surface area contributed by atoms with E-state index < -0.39 is 25.3 Å². The minimum absolute atomic E-state index is 0.0381. The van der Waals surface area contributed by atoms with Crippen molar-refractivity contribution >= 4 is 19.4 Å². The van der Waals surface area contributed by atoms with Gasteiger partial charge in [0, 0.05) is 18.9 Å². The van der Waals surface area contributed by atoms with Gasteiger partial charge in [0.2, 0.25) is 7.37 Å². The Bertz CT molecular complexity index is 562. The van der Waals surface area contributed by atoms with Gasteiger partial charge in [-0.2, -0.15) is 0 Å². The number of rotatable bonds is 9. The predicted octanol–water partition coefficient (Wildman–Crippen LogP) is 2.29. The van der Waals surface area contributed by atoms with Gasteiger partial charge < -0.3 is 20.1 Å². The molecule has 3 N–H and O–H groups in total. The van der Waals surface area contributed by atoms with Crippen LogP contribution in [-0.4, -0.2) is 40.9 Å². The van der Waals surface area contributed by atoms with Crippen molar-refractivity contribution in [1.82, 2.24) is 5.32 Å². The van der Waals surface area contributed by atoms with E-state index in [1.54, 1.807) is 0 Å². The van der Waals surface area contributed by atoms with Crippen LogP contribution in [0.5, 0.6) is 0 Å². The number of aliphatic carboxylic acids is 1. The molecule has 0 radical (unpaired) electrons. The van der Waals surface area contributed by atoms with Crippen molar-refractivity contribution in [2.24, 2.45) is 5.92 Å². The third-order valence-electron chi connectivity index (χ3n) is 3.15. The summed E-state index contributed by atoms with van der Waals surface area (Å²) in [5, 5.41) is 11.2. The Hall–Kier alpha value is -1.85. The van der Waals surface area contributed by atoms with Gasteiger partial charge >= 0.3 is 12.1 Å². The van der Waals surface area contributed by atoms with Crippen molar-refractivity contribution in [2.75, 3.05) is 18.9 Å². The van der Waals surface area contributed by atoms with Gasteiger partial charge in [-0.15, -0.1) is 0 Å². The van der Waals surface area contributed by atoms with E-state index >= 15 is 0 Å². The smallest absolute Gasteiger partial charge is 0.407 e. The van der Waals surface area contributed by atoms with Gasteiger partial charge in [-0.1, -0.05) is 37.3 Å². The number of amides is 1. The third-order valence-corrected chi connectivity index (χ3v) is 5.28. The first-order valence-corrected chi connectivity index (χ1v) is 9.31. The van der Waals surface area contributed by atoms with Crippen molar-refractivity contribution in [3.05, 3.63) is 35.9 Å². The Morgan fingerprint density at radius 1 is 1.30 bits per heavy atom. The van der Waals surface area contributed by atoms with Crippen LogP contribution in [0.25, 0.3) is 0 Å². The zero-order chi connectivity index (χ0) is 17.3. The average molecular weight is 343 g/mol. The second-order valence-corrected chi connectivity index (χ2v) is 7.84. The molecule has 0 aliphatic rings. The topological polar surface area (TPSA) is 113 Å². The van der Waals surface area contributed by atoms with E-state index in [0.717, 1.165) is 5.56 Å². The molecule has 2 unspecified atom stereocenters. The molecular formula is C15H22NO6P. The highest BCUT2D eigenvalue weighted by Gasteiger charge is 2.25. The van der Waals surface area contributed by atoms with Crippen LogP contribution in [0.1, 0.15) is 18.9 Å². The molecular weight excluding hydrogens is 321 g/mol. The maximum atomic E-state index is 11.8. The first-order valence-electron chi connectivity index (χ1n) is 7.28. The summed E-state index contributed by atoms with van der Waals surface area (Å²) in [5.74, 6) is -1.96. The minimum Gasteiger partial charge on any atom is -0.481 e. The first-order chi connectivity index (χ1) is 10.8. The quantitative estimate of drug-likeness (QED) is 0.468. The lowest BCUT2D eigenvalue weighted by molar-refractivity contribution is -0.140. The summed E-state index contributed by atoms with van der Waals surface area (Å²) in [6.07, 6.45) is -0.620. The molecule has 23 heavy (non-hydrogen) atoms. The molecule has 0 aliphatic carbocycles. The Kier molecular flexibility index (Phi) is 7.78. The minimum atomic E-state index is -3.50. The number of nitrogens with one attached hydrogen (secondary N) is 1. The molecule has 0 saturated carbocycles. The standard InChI is InChI=1S/C15H22NO6P/c1-12(14(17)18)11-23(20,21)9-5-8-16-15(19)22-10-13-6-3-2-4-7-13/h2-4,6-7,12H,5,8-11H2,1H3,(H,16,19)(H,17,18)(H,20,21). The largest absolute Gasteiger partial charge is 0.481 e. The molecule has 1 aromatic rings. The summed E-state index contributed by atoms with van der Waals surface area (Å²) in [4.78, 5) is 31.8. The fraction of sp³-hybridized carbons (Fsp3) is 0.467. The van der Waals surface area contributed by atoms with Gasteiger partial charge in [-0.3, -0.25) is 9.36 Å². The first kappa shape index (κ1) is 19.2. The van der Waals surface area contributed by atoms with Crippen LogP contribution in [0.4, 0.5) is 4.79 Å². The van der Waals surface area contributed by atoms with E-state index in [4.69, 9.17) is 9.84 Å². The molecule has 0 saturated heterocycles. The summed E-state index contributed by atoms with van der Waals surface area (Å²) in [6, 6.07) is 9.21. The number of carboxylic acid groups (broad SMARTS) is 1. The highest BCUT2D eigenvalue weighted by Crippen LogP contribution is 2.42. The average Bonchev–Trinajstić information content (AvgIpc) is 2.50. The maximum Gasteiger partial charge on any atom is 0.407 e. The number of carbonyl (C=O) groups excluding carboxylic acids is 1. The summed E-state index contributed by atoms with van der Waals surface area (Å²) in [5.41, 5.74) is 0.866. The van der Waals surface area contributed by atoms with Crippen molar-refractivity contribution in [2.45, 2.75) is 20.0 Å². The normalized spacial score (nSPS) is 14.5. The Labute approximate surface area is 135 Å². The summed E-state index contributed by atoms with van der Waals surface area (Å²) in [6.45, 7) is 1.74. The zero-order valence-corrected chi connectivity index (χ0v) is 13.9. The van der Waals surface area contributed by atoms with E-state index in [2.05, 4.69) is 5.32 Å². The van der Waals surface area contributed by atoms with Crippen LogP contribution in [0.2, 0.25) is 0 Å². The number of alkyl carbamates (subject to hydrolysis) is 1. The van der Waals surface area contributed by atoms with Crippen LogP contribution in [0.3, 0.4) is 0 Å². The molecule has 1 aromatic carbocycles. The molecule has 0 spiro atoms. The van der Waals surface area contributed by atoms with Crippen LogP contribution in [-0.2, 0) is 20.7 Å². The highest BCUT2D eigenvalue weighted by atomic mass is 31.2. The van der Waals surface area contributed by atoms with Crippen molar-refractivity contribution in [1.29, 1.82) is 0 Å². The lowest BCUT2D eigenvalue weighted by Gasteiger charge is -2.14. The van der Waals surface area contributed by atoms with E-state index in [0.29, 0.717) is 0 Å². The van der Waals surface area contributed by atoms with Crippen LogP contribution >= 0.6 is 7.37 Å². The summed E-state index contributed by atoms with van der Waals surface area (Å²) < 4.78 is 16.8. The molecule has 0 aromatic heterocycles. The second kappa shape index (κ2) is 9.33. The molecule has 1 rings (SSSR count). The zero-order valence-electron chi connectivity index (χ0n) is 13.0. The van der Waals surface area contributed by atoms with E-state index in [9.17, 15) is 19.0 Å². The van der Waals surface area contributed by atoms with Gasteiger partial charge in [0.25, 0.3) is 0 Å². The predicted molar refractivity (Wildman–Crippen MR) is 85.6 cm³/mol. The lowest BCUT2D eigenvalue weighted by atomic mass is 10.2. The Morgan fingerprint density at radius 2 is 1.96 bits per heavy atom.